The maximum absolute atomic E-state index is 11.3. The molecule has 0 fully saturated rings. The van der Waals surface area contributed by atoms with Gasteiger partial charge >= 0.3 is 0 Å². The summed E-state index contributed by atoms with van der Waals surface area (Å²) in [5.74, 6) is -0.327. The number of nitrogens with one attached hydrogen (secondary N) is 1. The molecule has 0 heterocycles. The zero-order valence-corrected chi connectivity index (χ0v) is 10.9. The molecular formula is C11H11BrN2O3. The van der Waals surface area contributed by atoms with E-state index in [0.29, 0.717) is 15.7 Å². The lowest BCUT2D eigenvalue weighted by molar-refractivity contribution is -0.385. The zero-order chi connectivity index (χ0) is 13.0. The highest BCUT2D eigenvalue weighted by molar-refractivity contribution is 9.10. The highest BCUT2D eigenvalue weighted by Crippen LogP contribution is 2.30. The number of aryl methyl sites for hydroxylation is 1. The van der Waals surface area contributed by atoms with Gasteiger partial charge in [-0.05, 0) is 41.9 Å². The van der Waals surface area contributed by atoms with E-state index in [0.717, 1.165) is 0 Å². The first kappa shape index (κ1) is 13.4. The molecule has 0 atom stereocenters. The van der Waals surface area contributed by atoms with Crippen molar-refractivity contribution in [2.75, 3.05) is 5.32 Å². The summed E-state index contributed by atoms with van der Waals surface area (Å²) in [6.07, 6.45) is 2.93. The molecule has 0 saturated heterocycles. The SMILES string of the molecule is C/C=C/C(=O)Nc1cc([N+](=O)[O-])c(C)cc1Br. The number of nitrogens with zero attached hydrogens (tertiary/aromatic N) is 1. The van der Waals surface area contributed by atoms with E-state index in [1.807, 2.05) is 0 Å². The van der Waals surface area contributed by atoms with E-state index in [9.17, 15) is 14.9 Å². The van der Waals surface area contributed by atoms with E-state index in [1.165, 1.54) is 12.1 Å². The topological polar surface area (TPSA) is 72.2 Å². The van der Waals surface area contributed by atoms with Crippen LogP contribution in [0.1, 0.15) is 12.5 Å². The van der Waals surface area contributed by atoms with Crippen molar-refractivity contribution in [2.45, 2.75) is 13.8 Å². The molecular weight excluding hydrogens is 288 g/mol. The van der Waals surface area contributed by atoms with Gasteiger partial charge in [-0.15, -0.1) is 0 Å². The molecule has 6 heteroatoms. The van der Waals surface area contributed by atoms with Crippen molar-refractivity contribution in [1.82, 2.24) is 0 Å². The summed E-state index contributed by atoms with van der Waals surface area (Å²) < 4.78 is 0.610. The van der Waals surface area contributed by atoms with Gasteiger partial charge in [0, 0.05) is 16.1 Å². The van der Waals surface area contributed by atoms with E-state index in [4.69, 9.17) is 0 Å². The maximum atomic E-state index is 11.3. The predicted molar refractivity (Wildman–Crippen MR) is 69.0 cm³/mol. The predicted octanol–water partition coefficient (Wildman–Crippen LogP) is 3.18. The summed E-state index contributed by atoms with van der Waals surface area (Å²) in [5, 5.41) is 13.3. The van der Waals surface area contributed by atoms with Gasteiger partial charge in [0.25, 0.3) is 5.69 Å². The fourth-order valence-corrected chi connectivity index (χ4v) is 1.84. The number of rotatable bonds is 3. The molecule has 5 nitrogen and oxygen atoms in total. The van der Waals surface area contributed by atoms with E-state index in [2.05, 4.69) is 21.2 Å². The molecule has 1 N–H and O–H groups in total. The zero-order valence-electron chi connectivity index (χ0n) is 9.36. The van der Waals surface area contributed by atoms with Gasteiger partial charge in [-0.2, -0.15) is 0 Å². The molecule has 0 saturated carbocycles. The summed E-state index contributed by atoms with van der Waals surface area (Å²) in [6, 6.07) is 2.93. The second-order valence-electron chi connectivity index (χ2n) is 3.36. The highest BCUT2D eigenvalue weighted by Gasteiger charge is 2.14. The van der Waals surface area contributed by atoms with Gasteiger partial charge in [0.2, 0.25) is 5.91 Å². The number of amides is 1. The Labute approximate surface area is 107 Å². The van der Waals surface area contributed by atoms with Gasteiger partial charge < -0.3 is 5.32 Å². The van der Waals surface area contributed by atoms with Crippen LogP contribution in [0.2, 0.25) is 0 Å². The van der Waals surface area contributed by atoms with Gasteiger partial charge in [-0.3, -0.25) is 14.9 Å². The Bertz CT molecular complexity index is 498. The van der Waals surface area contributed by atoms with Crippen molar-refractivity contribution in [3.8, 4) is 0 Å². The fraction of sp³-hybridized carbons (Fsp3) is 0.182. The number of benzene rings is 1. The van der Waals surface area contributed by atoms with Gasteiger partial charge in [0.1, 0.15) is 0 Å². The minimum absolute atomic E-state index is 0.0241. The first-order chi connectivity index (χ1) is 7.95. The average Bonchev–Trinajstić information content (AvgIpc) is 2.21. The Hall–Kier alpha value is -1.69. The Balaban J connectivity index is 3.12. The first-order valence-electron chi connectivity index (χ1n) is 4.84. The number of halogens is 1. The first-order valence-corrected chi connectivity index (χ1v) is 5.63. The lowest BCUT2D eigenvalue weighted by Gasteiger charge is -2.06. The molecule has 1 rings (SSSR count). The number of nitro benzene ring substituents is 1. The minimum Gasteiger partial charge on any atom is -0.321 e. The molecule has 0 aliphatic rings. The molecule has 0 aliphatic heterocycles. The molecule has 1 aromatic rings. The molecule has 1 aromatic carbocycles. The summed E-state index contributed by atoms with van der Waals surface area (Å²) in [6.45, 7) is 3.35. The van der Waals surface area contributed by atoms with Gasteiger partial charge in [0.15, 0.2) is 0 Å². The van der Waals surface area contributed by atoms with Crippen LogP contribution in [-0.2, 0) is 4.79 Å². The Morgan fingerprint density at radius 2 is 2.18 bits per heavy atom. The van der Waals surface area contributed by atoms with E-state index in [1.54, 1.807) is 26.0 Å². The molecule has 90 valence electrons. The van der Waals surface area contributed by atoms with Crippen LogP contribution in [0.3, 0.4) is 0 Å². The van der Waals surface area contributed by atoms with E-state index >= 15 is 0 Å². The van der Waals surface area contributed by atoms with Crippen LogP contribution < -0.4 is 5.32 Å². The number of anilines is 1. The van der Waals surface area contributed by atoms with Crippen LogP contribution in [0.25, 0.3) is 0 Å². The van der Waals surface area contributed by atoms with Crippen molar-refractivity contribution >= 4 is 33.2 Å². The quantitative estimate of drug-likeness (QED) is 0.529. The molecule has 0 radical (unpaired) electrons. The number of hydrogen-bond donors (Lipinski definition) is 1. The van der Waals surface area contributed by atoms with Gasteiger partial charge in [0.05, 0.1) is 10.6 Å². The largest absolute Gasteiger partial charge is 0.321 e. The molecule has 0 spiro atoms. The smallest absolute Gasteiger partial charge is 0.274 e. The lowest BCUT2D eigenvalue weighted by atomic mass is 10.2. The summed E-state index contributed by atoms with van der Waals surface area (Å²) in [5.41, 5.74) is 0.889. The second kappa shape index (κ2) is 5.58. The van der Waals surface area contributed by atoms with Crippen LogP contribution in [-0.4, -0.2) is 10.8 Å². The third-order valence-electron chi connectivity index (χ3n) is 2.06. The average molecular weight is 299 g/mol. The third kappa shape index (κ3) is 3.39. The maximum Gasteiger partial charge on any atom is 0.274 e. The van der Waals surface area contributed by atoms with Crippen LogP contribution in [0, 0.1) is 17.0 Å². The van der Waals surface area contributed by atoms with Crippen LogP contribution in [0.5, 0.6) is 0 Å². The highest BCUT2D eigenvalue weighted by atomic mass is 79.9. The van der Waals surface area contributed by atoms with E-state index < -0.39 is 4.92 Å². The fourth-order valence-electron chi connectivity index (χ4n) is 1.28. The number of allylic oxidation sites excluding steroid dienone is 1. The molecule has 1 amide bonds. The summed E-state index contributed by atoms with van der Waals surface area (Å²) in [4.78, 5) is 21.6. The monoisotopic (exact) mass is 298 g/mol. The second-order valence-corrected chi connectivity index (χ2v) is 4.22. The van der Waals surface area contributed by atoms with Crippen molar-refractivity contribution < 1.29 is 9.72 Å². The molecule has 17 heavy (non-hydrogen) atoms. The summed E-state index contributed by atoms with van der Waals surface area (Å²) >= 11 is 3.25. The van der Waals surface area contributed by atoms with E-state index in [-0.39, 0.29) is 11.6 Å². The van der Waals surface area contributed by atoms with Crippen molar-refractivity contribution in [1.29, 1.82) is 0 Å². The summed E-state index contributed by atoms with van der Waals surface area (Å²) in [7, 11) is 0. The number of nitro groups is 1. The normalized spacial score (nSPS) is 10.5. The third-order valence-corrected chi connectivity index (χ3v) is 2.71. The Kier molecular flexibility index (Phi) is 4.39. The van der Waals surface area contributed by atoms with Crippen LogP contribution in [0.4, 0.5) is 11.4 Å². The molecule has 0 bridgehead atoms. The van der Waals surface area contributed by atoms with Crippen LogP contribution >= 0.6 is 15.9 Å². The number of carbonyl (C=O) groups excluding carboxylic acids is 1. The van der Waals surface area contributed by atoms with Crippen molar-refractivity contribution in [3.63, 3.8) is 0 Å². The lowest BCUT2D eigenvalue weighted by Crippen LogP contribution is -2.09. The number of hydrogen-bond acceptors (Lipinski definition) is 3. The molecule has 0 aromatic heterocycles. The van der Waals surface area contributed by atoms with Gasteiger partial charge in [-0.25, -0.2) is 0 Å². The molecule has 0 aliphatic carbocycles. The van der Waals surface area contributed by atoms with Crippen molar-refractivity contribution in [3.05, 3.63) is 44.4 Å². The molecule has 0 unspecified atom stereocenters. The Morgan fingerprint density at radius 1 is 1.53 bits per heavy atom. The van der Waals surface area contributed by atoms with Crippen LogP contribution in [0.15, 0.2) is 28.8 Å². The minimum atomic E-state index is -0.479. The van der Waals surface area contributed by atoms with Gasteiger partial charge in [-0.1, -0.05) is 6.08 Å². The number of carbonyl (C=O) groups is 1. The standard InChI is InChI=1S/C11H11BrN2O3/c1-3-4-11(15)13-9-6-10(14(16)17)7(2)5-8(9)12/h3-6H,1-2H3,(H,13,15)/b4-3+. The Morgan fingerprint density at radius 3 is 2.71 bits per heavy atom. The van der Waals surface area contributed by atoms with Crippen molar-refractivity contribution in [2.24, 2.45) is 0 Å².